The molecule has 0 fully saturated rings. The molecule has 21 heavy (non-hydrogen) atoms. The lowest BCUT2D eigenvalue weighted by atomic mass is 10.2. The molecule has 5 nitrogen and oxygen atoms in total. The number of nitriles is 1. The Hall–Kier alpha value is -2.61. The van der Waals surface area contributed by atoms with Gasteiger partial charge < -0.3 is 10.2 Å². The minimum atomic E-state index is 0.617. The number of aryl methyl sites for hydroxylation is 1. The van der Waals surface area contributed by atoms with E-state index in [0.29, 0.717) is 12.1 Å². The van der Waals surface area contributed by atoms with Gasteiger partial charge in [-0.05, 0) is 38.1 Å². The Morgan fingerprint density at radius 3 is 2.57 bits per heavy atom. The van der Waals surface area contributed by atoms with Crippen LogP contribution in [0.5, 0.6) is 0 Å². The molecular formula is C16H19N5. The van der Waals surface area contributed by atoms with E-state index < -0.39 is 0 Å². The van der Waals surface area contributed by atoms with Crippen LogP contribution in [0.2, 0.25) is 0 Å². The maximum Gasteiger partial charge on any atom is 0.150 e. The molecule has 0 aliphatic carbocycles. The first kappa shape index (κ1) is 14.8. The van der Waals surface area contributed by atoms with Gasteiger partial charge >= 0.3 is 0 Å². The van der Waals surface area contributed by atoms with Gasteiger partial charge in [0.25, 0.3) is 0 Å². The van der Waals surface area contributed by atoms with Crippen LogP contribution in [-0.4, -0.2) is 23.6 Å². The highest BCUT2D eigenvalue weighted by molar-refractivity contribution is 5.49. The summed E-state index contributed by atoms with van der Waals surface area (Å²) in [5.41, 5.74) is 2.64. The van der Waals surface area contributed by atoms with Crippen LogP contribution >= 0.6 is 0 Å². The van der Waals surface area contributed by atoms with Crippen LogP contribution in [0.1, 0.15) is 24.0 Å². The van der Waals surface area contributed by atoms with Crippen molar-refractivity contribution in [3.8, 4) is 6.07 Å². The molecule has 0 aliphatic rings. The van der Waals surface area contributed by atoms with Crippen molar-refractivity contribution in [2.75, 3.05) is 23.8 Å². The van der Waals surface area contributed by atoms with E-state index >= 15 is 0 Å². The van der Waals surface area contributed by atoms with E-state index in [2.05, 4.69) is 26.3 Å². The van der Waals surface area contributed by atoms with Crippen molar-refractivity contribution in [3.63, 3.8) is 0 Å². The Morgan fingerprint density at radius 1 is 1.24 bits per heavy atom. The minimum absolute atomic E-state index is 0.617. The molecule has 2 rings (SSSR count). The van der Waals surface area contributed by atoms with E-state index in [-0.39, 0.29) is 0 Å². The van der Waals surface area contributed by atoms with Crippen molar-refractivity contribution in [2.45, 2.75) is 20.4 Å². The first-order valence-electron chi connectivity index (χ1n) is 6.92. The third-order valence-corrected chi connectivity index (χ3v) is 3.07. The molecule has 0 atom stereocenters. The van der Waals surface area contributed by atoms with Crippen molar-refractivity contribution in [2.24, 2.45) is 0 Å². The topological polar surface area (TPSA) is 64.8 Å². The molecule has 0 spiro atoms. The van der Waals surface area contributed by atoms with Gasteiger partial charge in [0.2, 0.25) is 0 Å². The zero-order chi connectivity index (χ0) is 15.2. The van der Waals surface area contributed by atoms with E-state index in [1.807, 2.05) is 51.2 Å². The Labute approximate surface area is 125 Å². The van der Waals surface area contributed by atoms with Gasteiger partial charge in [-0.15, -0.1) is 0 Å². The van der Waals surface area contributed by atoms with Crippen molar-refractivity contribution in [1.82, 2.24) is 9.97 Å². The Balaban J connectivity index is 2.14. The van der Waals surface area contributed by atoms with Crippen LogP contribution in [0.4, 0.5) is 11.5 Å². The molecule has 108 valence electrons. The first-order valence-corrected chi connectivity index (χ1v) is 6.92. The largest absolute Gasteiger partial charge is 0.370 e. The Kier molecular flexibility index (Phi) is 4.72. The van der Waals surface area contributed by atoms with Gasteiger partial charge in [0.15, 0.2) is 0 Å². The number of rotatable bonds is 5. The summed E-state index contributed by atoms with van der Waals surface area (Å²) in [5.74, 6) is 1.63. The smallest absolute Gasteiger partial charge is 0.150 e. The quantitative estimate of drug-likeness (QED) is 0.913. The summed E-state index contributed by atoms with van der Waals surface area (Å²) in [6, 6.07) is 11.5. The number of aromatic nitrogens is 2. The molecule has 1 heterocycles. The lowest BCUT2D eigenvalue weighted by Crippen LogP contribution is -2.19. The van der Waals surface area contributed by atoms with Crippen LogP contribution < -0.4 is 10.2 Å². The van der Waals surface area contributed by atoms with Gasteiger partial charge in [0.1, 0.15) is 11.6 Å². The SMILES string of the molecule is CCNc1cc(C)nc(CN(C)c2ccc(C#N)cc2)n1. The summed E-state index contributed by atoms with van der Waals surface area (Å²) >= 11 is 0. The molecule has 2 aromatic rings. The van der Waals surface area contributed by atoms with Gasteiger partial charge in [0, 0.05) is 31.0 Å². The molecule has 0 aliphatic heterocycles. The van der Waals surface area contributed by atoms with Crippen LogP contribution in [0, 0.1) is 18.3 Å². The molecule has 0 saturated carbocycles. The highest BCUT2D eigenvalue weighted by Gasteiger charge is 2.07. The Bertz CT molecular complexity index is 643. The number of benzene rings is 1. The average molecular weight is 281 g/mol. The lowest BCUT2D eigenvalue weighted by Gasteiger charge is -2.19. The number of nitrogens with one attached hydrogen (secondary N) is 1. The maximum atomic E-state index is 8.82. The summed E-state index contributed by atoms with van der Waals surface area (Å²) < 4.78 is 0. The third-order valence-electron chi connectivity index (χ3n) is 3.07. The molecule has 0 radical (unpaired) electrons. The Morgan fingerprint density at radius 2 is 1.95 bits per heavy atom. The van der Waals surface area contributed by atoms with Gasteiger partial charge in [-0.2, -0.15) is 5.26 Å². The second-order valence-corrected chi connectivity index (χ2v) is 4.86. The summed E-state index contributed by atoms with van der Waals surface area (Å²) in [6.45, 7) is 5.46. The van der Waals surface area contributed by atoms with Crippen LogP contribution in [0.3, 0.4) is 0 Å². The van der Waals surface area contributed by atoms with Gasteiger partial charge in [0.05, 0.1) is 18.2 Å². The molecule has 1 N–H and O–H groups in total. The highest BCUT2D eigenvalue weighted by atomic mass is 15.1. The molecule has 0 saturated heterocycles. The fourth-order valence-corrected chi connectivity index (χ4v) is 2.07. The molecule has 0 bridgehead atoms. The summed E-state index contributed by atoms with van der Waals surface area (Å²) in [6.07, 6.45) is 0. The van der Waals surface area contributed by atoms with Crippen LogP contribution in [0.15, 0.2) is 30.3 Å². The molecule has 5 heteroatoms. The average Bonchev–Trinajstić information content (AvgIpc) is 2.47. The molecular weight excluding hydrogens is 262 g/mol. The molecule has 1 aromatic carbocycles. The van der Waals surface area contributed by atoms with Crippen molar-refractivity contribution in [3.05, 3.63) is 47.4 Å². The van der Waals surface area contributed by atoms with Crippen molar-refractivity contribution in [1.29, 1.82) is 5.26 Å². The van der Waals surface area contributed by atoms with E-state index in [9.17, 15) is 0 Å². The van der Waals surface area contributed by atoms with Crippen LogP contribution in [-0.2, 0) is 6.54 Å². The highest BCUT2D eigenvalue weighted by Crippen LogP contribution is 2.16. The number of anilines is 2. The summed E-state index contributed by atoms with van der Waals surface area (Å²) in [5, 5.41) is 12.0. The predicted octanol–water partition coefficient (Wildman–Crippen LogP) is 2.72. The minimum Gasteiger partial charge on any atom is -0.370 e. The zero-order valence-electron chi connectivity index (χ0n) is 12.6. The van der Waals surface area contributed by atoms with Crippen molar-refractivity contribution < 1.29 is 0 Å². The molecule has 1 aromatic heterocycles. The third kappa shape index (κ3) is 3.93. The van der Waals surface area contributed by atoms with E-state index in [1.165, 1.54) is 0 Å². The predicted molar refractivity (Wildman–Crippen MR) is 84.2 cm³/mol. The fraction of sp³-hybridized carbons (Fsp3) is 0.312. The van der Waals surface area contributed by atoms with E-state index in [4.69, 9.17) is 5.26 Å². The number of nitrogens with zero attached hydrogens (tertiary/aromatic N) is 4. The van der Waals surface area contributed by atoms with E-state index in [0.717, 1.165) is 29.6 Å². The zero-order valence-corrected chi connectivity index (χ0v) is 12.6. The second-order valence-electron chi connectivity index (χ2n) is 4.86. The molecule has 0 unspecified atom stereocenters. The van der Waals surface area contributed by atoms with Gasteiger partial charge in [-0.1, -0.05) is 0 Å². The lowest BCUT2D eigenvalue weighted by molar-refractivity contribution is 0.828. The second kappa shape index (κ2) is 6.71. The maximum absolute atomic E-state index is 8.82. The normalized spacial score (nSPS) is 10.0. The monoisotopic (exact) mass is 281 g/mol. The van der Waals surface area contributed by atoms with Crippen LogP contribution in [0.25, 0.3) is 0 Å². The number of hydrogen-bond donors (Lipinski definition) is 1. The fourth-order valence-electron chi connectivity index (χ4n) is 2.07. The van der Waals surface area contributed by atoms with Gasteiger partial charge in [-0.3, -0.25) is 0 Å². The van der Waals surface area contributed by atoms with Crippen molar-refractivity contribution >= 4 is 11.5 Å². The number of hydrogen-bond acceptors (Lipinski definition) is 5. The van der Waals surface area contributed by atoms with E-state index in [1.54, 1.807) is 0 Å². The van der Waals surface area contributed by atoms with Gasteiger partial charge in [-0.25, -0.2) is 9.97 Å². The summed E-state index contributed by atoms with van der Waals surface area (Å²) in [7, 11) is 1.99. The standard InChI is InChI=1S/C16H19N5/c1-4-18-15-9-12(2)19-16(20-15)11-21(3)14-7-5-13(10-17)6-8-14/h5-9H,4,11H2,1-3H3,(H,18,19,20). The summed E-state index contributed by atoms with van der Waals surface area (Å²) in [4.78, 5) is 11.0. The molecule has 0 amide bonds. The first-order chi connectivity index (χ1) is 10.1.